The van der Waals surface area contributed by atoms with Crippen LogP contribution in [0.25, 0.3) is 22.3 Å². The van der Waals surface area contributed by atoms with Crippen molar-refractivity contribution in [3.8, 4) is 22.3 Å². The van der Waals surface area contributed by atoms with E-state index in [1.54, 1.807) is 13.0 Å². The zero-order valence-corrected chi connectivity index (χ0v) is 13.8. The van der Waals surface area contributed by atoms with Crippen LogP contribution < -0.4 is 0 Å². The van der Waals surface area contributed by atoms with Crippen LogP contribution >= 0.6 is 15.9 Å². The number of hydrogen-bond donors (Lipinski definition) is 0. The zero-order chi connectivity index (χ0) is 17.4. The highest BCUT2D eigenvalue weighted by Gasteiger charge is 2.16. The summed E-state index contributed by atoms with van der Waals surface area (Å²) in [6.07, 6.45) is 0. The van der Waals surface area contributed by atoms with Gasteiger partial charge in [0.2, 0.25) is 23.8 Å². The van der Waals surface area contributed by atoms with Crippen molar-refractivity contribution in [2.45, 2.75) is 6.92 Å². The zero-order valence-electron chi connectivity index (χ0n) is 12.2. The predicted molar refractivity (Wildman–Crippen MR) is 85.2 cm³/mol. The molecule has 1 aromatic carbocycles. The second kappa shape index (κ2) is 6.32. The number of benzene rings is 1. The van der Waals surface area contributed by atoms with Crippen molar-refractivity contribution in [2.24, 2.45) is 0 Å². The van der Waals surface area contributed by atoms with E-state index in [0.29, 0.717) is 21.2 Å². The Morgan fingerprint density at radius 3 is 1.83 bits per heavy atom. The van der Waals surface area contributed by atoms with Crippen LogP contribution in [0.1, 0.15) is 5.56 Å². The van der Waals surface area contributed by atoms with Gasteiger partial charge in [-0.1, -0.05) is 15.9 Å². The van der Waals surface area contributed by atoms with E-state index in [2.05, 4.69) is 25.9 Å². The molecule has 0 N–H and O–H groups in total. The summed E-state index contributed by atoms with van der Waals surface area (Å²) in [6.45, 7) is 1.73. The van der Waals surface area contributed by atoms with Crippen LogP contribution in [0, 0.1) is 30.7 Å². The molecule has 0 saturated carbocycles. The lowest BCUT2D eigenvalue weighted by molar-refractivity contribution is 0.514. The van der Waals surface area contributed by atoms with Gasteiger partial charge < -0.3 is 0 Å². The molecule has 2 nitrogen and oxygen atoms in total. The molecule has 3 aromatic rings. The summed E-state index contributed by atoms with van der Waals surface area (Å²) >= 11 is 3.34. The highest BCUT2D eigenvalue weighted by molar-refractivity contribution is 9.10. The van der Waals surface area contributed by atoms with Crippen LogP contribution in [-0.2, 0) is 0 Å². The van der Waals surface area contributed by atoms with Gasteiger partial charge in [0.25, 0.3) is 0 Å². The van der Waals surface area contributed by atoms with Crippen LogP contribution in [0.2, 0.25) is 0 Å². The second-order valence-electron chi connectivity index (χ2n) is 5.08. The maximum atomic E-state index is 14.0. The number of hydrogen-bond acceptors (Lipinski definition) is 2. The van der Waals surface area contributed by atoms with Gasteiger partial charge in [0, 0.05) is 15.6 Å². The van der Waals surface area contributed by atoms with Gasteiger partial charge in [0.05, 0.1) is 0 Å². The molecule has 0 fully saturated rings. The highest BCUT2D eigenvalue weighted by atomic mass is 79.9. The van der Waals surface area contributed by atoms with Gasteiger partial charge in [-0.15, -0.1) is 0 Å². The van der Waals surface area contributed by atoms with Crippen molar-refractivity contribution in [2.75, 3.05) is 0 Å². The first-order valence-corrected chi connectivity index (χ1v) is 7.61. The fourth-order valence-electron chi connectivity index (χ4n) is 2.35. The maximum Gasteiger partial charge on any atom is 0.223 e. The van der Waals surface area contributed by atoms with E-state index in [4.69, 9.17) is 0 Å². The normalized spacial score (nSPS) is 10.9. The molecule has 2 heterocycles. The summed E-state index contributed by atoms with van der Waals surface area (Å²) in [5.41, 5.74) is 1.59. The SMILES string of the molecule is Cc1c(Br)cc(-c2ccc(F)nc2F)cc1-c1ccc(F)nc1F. The summed E-state index contributed by atoms with van der Waals surface area (Å²) in [4.78, 5) is 6.32. The van der Waals surface area contributed by atoms with Gasteiger partial charge in [-0.3, -0.25) is 0 Å². The van der Waals surface area contributed by atoms with E-state index in [-0.39, 0.29) is 11.1 Å². The van der Waals surface area contributed by atoms with Crippen molar-refractivity contribution in [1.82, 2.24) is 9.97 Å². The fraction of sp³-hybridized carbons (Fsp3) is 0.0588. The van der Waals surface area contributed by atoms with Gasteiger partial charge in [0.1, 0.15) is 0 Å². The molecule has 0 atom stereocenters. The van der Waals surface area contributed by atoms with E-state index in [0.717, 1.165) is 12.1 Å². The first-order chi connectivity index (χ1) is 11.4. The Kier molecular flexibility index (Phi) is 4.36. The van der Waals surface area contributed by atoms with Crippen molar-refractivity contribution >= 4 is 15.9 Å². The molecule has 0 aliphatic heterocycles. The van der Waals surface area contributed by atoms with Crippen LogP contribution in [0.5, 0.6) is 0 Å². The van der Waals surface area contributed by atoms with Crippen LogP contribution in [0.15, 0.2) is 40.9 Å². The monoisotopic (exact) mass is 396 g/mol. The molecule has 0 aliphatic carbocycles. The molecule has 0 spiro atoms. The minimum Gasteiger partial charge on any atom is -0.190 e. The predicted octanol–water partition coefficient (Wildman–Crippen LogP) is 5.44. The van der Waals surface area contributed by atoms with Crippen molar-refractivity contribution in [3.05, 3.63) is 70.2 Å². The van der Waals surface area contributed by atoms with Crippen molar-refractivity contribution in [1.29, 1.82) is 0 Å². The lowest BCUT2D eigenvalue weighted by atomic mass is 9.96. The molecule has 0 radical (unpaired) electrons. The summed E-state index contributed by atoms with van der Waals surface area (Å²) < 4.78 is 54.5. The average molecular weight is 397 g/mol. The van der Waals surface area contributed by atoms with E-state index in [1.807, 2.05) is 0 Å². The molecule has 0 saturated heterocycles. The summed E-state index contributed by atoms with van der Waals surface area (Å²) in [7, 11) is 0. The summed E-state index contributed by atoms with van der Waals surface area (Å²) in [5.74, 6) is -3.82. The molecule has 24 heavy (non-hydrogen) atoms. The molecule has 3 rings (SSSR count). The number of rotatable bonds is 2. The summed E-state index contributed by atoms with van der Waals surface area (Å²) in [6, 6.07) is 7.72. The molecule has 2 aromatic heterocycles. The minimum absolute atomic E-state index is 0.0637. The fourth-order valence-corrected chi connectivity index (χ4v) is 2.81. The molecule has 0 unspecified atom stereocenters. The standard InChI is InChI=1S/C17H9BrF4N2/c1-8-12(11-3-5-15(20)24-17(11)22)6-9(7-13(8)18)10-2-4-14(19)23-16(10)21/h2-7H,1H3. The topological polar surface area (TPSA) is 25.8 Å². The van der Waals surface area contributed by atoms with Gasteiger partial charge >= 0.3 is 0 Å². The quantitative estimate of drug-likeness (QED) is 0.425. The van der Waals surface area contributed by atoms with Crippen LogP contribution in [-0.4, -0.2) is 9.97 Å². The van der Waals surface area contributed by atoms with E-state index < -0.39 is 23.8 Å². The van der Waals surface area contributed by atoms with Gasteiger partial charge in [-0.2, -0.15) is 27.5 Å². The molecule has 0 aliphatic rings. The smallest absolute Gasteiger partial charge is 0.190 e. The Bertz CT molecular complexity index is 944. The van der Waals surface area contributed by atoms with E-state index in [1.165, 1.54) is 18.2 Å². The first kappa shape index (κ1) is 16.6. The highest BCUT2D eigenvalue weighted by Crippen LogP contribution is 2.35. The molecule has 7 heteroatoms. The van der Waals surface area contributed by atoms with Gasteiger partial charge in [-0.05, 0) is 60.0 Å². The summed E-state index contributed by atoms with van der Waals surface area (Å²) in [5, 5.41) is 0. The van der Waals surface area contributed by atoms with E-state index >= 15 is 0 Å². The average Bonchev–Trinajstić information content (AvgIpc) is 2.50. The molecular weight excluding hydrogens is 388 g/mol. The Morgan fingerprint density at radius 1 is 0.750 bits per heavy atom. The first-order valence-electron chi connectivity index (χ1n) is 6.82. The maximum absolute atomic E-state index is 14.0. The Morgan fingerprint density at radius 2 is 1.29 bits per heavy atom. The number of aromatic nitrogens is 2. The van der Waals surface area contributed by atoms with Crippen molar-refractivity contribution in [3.63, 3.8) is 0 Å². The number of halogens is 5. The third-order valence-electron chi connectivity index (χ3n) is 3.57. The second-order valence-corrected chi connectivity index (χ2v) is 5.93. The minimum atomic E-state index is -0.977. The van der Waals surface area contributed by atoms with Crippen molar-refractivity contribution < 1.29 is 17.6 Å². The van der Waals surface area contributed by atoms with Crippen LogP contribution in [0.3, 0.4) is 0 Å². The lowest BCUT2D eigenvalue weighted by Crippen LogP contribution is -1.97. The lowest BCUT2D eigenvalue weighted by Gasteiger charge is -2.12. The third-order valence-corrected chi connectivity index (χ3v) is 4.40. The number of nitrogens with zero attached hydrogens (tertiary/aromatic N) is 2. The Balaban J connectivity index is 2.23. The third kappa shape index (κ3) is 3.03. The molecule has 0 bridgehead atoms. The molecule has 122 valence electrons. The Labute approximate surface area is 143 Å². The van der Waals surface area contributed by atoms with Crippen LogP contribution in [0.4, 0.5) is 17.6 Å². The number of pyridine rings is 2. The van der Waals surface area contributed by atoms with Gasteiger partial charge in [-0.25, -0.2) is 0 Å². The molecule has 0 amide bonds. The molecular formula is C17H9BrF4N2. The van der Waals surface area contributed by atoms with E-state index in [9.17, 15) is 17.6 Å². The largest absolute Gasteiger partial charge is 0.223 e. The Hall–Kier alpha value is -2.28. The van der Waals surface area contributed by atoms with Gasteiger partial charge in [0.15, 0.2) is 0 Å².